The molecule has 7 heteroatoms. The smallest absolute Gasteiger partial charge is 0.387 e. The Balaban J connectivity index is 0.00000288. The summed E-state index contributed by atoms with van der Waals surface area (Å²) in [5, 5.41) is 3.17. The van der Waals surface area contributed by atoms with Gasteiger partial charge in [-0.25, -0.2) is 0 Å². The summed E-state index contributed by atoms with van der Waals surface area (Å²) in [6.07, 6.45) is 3.27. The number of ether oxygens (including phenoxy) is 1. The van der Waals surface area contributed by atoms with Crippen LogP contribution in [0.1, 0.15) is 24.8 Å². The molecule has 136 valence electrons. The van der Waals surface area contributed by atoms with E-state index >= 15 is 0 Å². The fraction of sp³-hybridized carbons (Fsp3) is 0.588. The highest BCUT2D eigenvalue weighted by atomic mass is 35.5. The summed E-state index contributed by atoms with van der Waals surface area (Å²) < 4.78 is 28.5. The summed E-state index contributed by atoms with van der Waals surface area (Å²) in [7, 11) is 1.93. The molecule has 0 aliphatic carbocycles. The Kier molecular flexibility index (Phi) is 9.00. The first-order chi connectivity index (χ1) is 11.1. The zero-order valence-electron chi connectivity index (χ0n) is 13.8. The predicted octanol–water partition coefficient (Wildman–Crippen LogP) is 3.10. The van der Waals surface area contributed by atoms with Crippen LogP contribution in [0.15, 0.2) is 24.3 Å². The minimum absolute atomic E-state index is 0. The van der Waals surface area contributed by atoms with E-state index in [4.69, 9.17) is 0 Å². The Morgan fingerprint density at radius 1 is 1.38 bits per heavy atom. The molecule has 1 amide bonds. The van der Waals surface area contributed by atoms with Crippen LogP contribution in [-0.4, -0.2) is 44.1 Å². The number of carbonyl (C=O) groups is 1. The maximum Gasteiger partial charge on any atom is 0.387 e. The number of benzene rings is 1. The van der Waals surface area contributed by atoms with E-state index in [0.717, 1.165) is 38.0 Å². The van der Waals surface area contributed by atoms with E-state index < -0.39 is 6.61 Å². The predicted molar refractivity (Wildman–Crippen MR) is 91.9 cm³/mol. The lowest BCUT2D eigenvalue weighted by Crippen LogP contribution is -2.42. The first-order valence-corrected chi connectivity index (χ1v) is 8.04. The van der Waals surface area contributed by atoms with Crippen molar-refractivity contribution >= 4 is 18.3 Å². The van der Waals surface area contributed by atoms with Gasteiger partial charge in [0.25, 0.3) is 0 Å². The first kappa shape index (κ1) is 20.6. The highest BCUT2D eigenvalue weighted by Gasteiger charge is 2.22. The van der Waals surface area contributed by atoms with E-state index in [9.17, 15) is 13.6 Å². The van der Waals surface area contributed by atoms with Crippen LogP contribution in [0, 0.1) is 5.92 Å². The van der Waals surface area contributed by atoms with Crippen molar-refractivity contribution in [3.63, 3.8) is 0 Å². The minimum atomic E-state index is -2.81. The van der Waals surface area contributed by atoms with E-state index in [1.165, 1.54) is 12.1 Å². The number of alkyl halides is 2. The Labute approximate surface area is 148 Å². The van der Waals surface area contributed by atoms with Crippen molar-refractivity contribution in [3.05, 3.63) is 29.8 Å². The van der Waals surface area contributed by atoms with Gasteiger partial charge in [0.2, 0.25) is 5.91 Å². The molecule has 1 N–H and O–H groups in total. The van der Waals surface area contributed by atoms with Gasteiger partial charge < -0.3 is 15.0 Å². The fourth-order valence-electron chi connectivity index (χ4n) is 2.99. The largest absolute Gasteiger partial charge is 0.435 e. The molecule has 1 fully saturated rings. The van der Waals surface area contributed by atoms with E-state index in [0.29, 0.717) is 18.8 Å². The van der Waals surface area contributed by atoms with Gasteiger partial charge in [-0.1, -0.05) is 12.1 Å². The highest BCUT2D eigenvalue weighted by molar-refractivity contribution is 5.85. The molecule has 0 saturated carbocycles. The van der Waals surface area contributed by atoms with Crippen molar-refractivity contribution in [2.24, 2.45) is 5.92 Å². The molecular formula is C17H25ClF2N2O2. The zero-order chi connectivity index (χ0) is 16.7. The van der Waals surface area contributed by atoms with E-state index in [2.05, 4.69) is 10.1 Å². The van der Waals surface area contributed by atoms with Gasteiger partial charge in [-0.05, 0) is 56.5 Å². The lowest BCUT2D eigenvalue weighted by Gasteiger charge is -2.32. The third-order valence-corrected chi connectivity index (χ3v) is 4.14. The molecule has 0 bridgehead atoms. The number of likely N-dealkylation sites (tertiary alicyclic amines) is 1. The highest BCUT2D eigenvalue weighted by Crippen LogP contribution is 2.18. The van der Waals surface area contributed by atoms with Crippen molar-refractivity contribution in [1.29, 1.82) is 0 Å². The number of aryl methyl sites for hydroxylation is 1. The van der Waals surface area contributed by atoms with Crippen LogP contribution >= 0.6 is 12.4 Å². The maximum absolute atomic E-state index is 12.3. The average Bonchev–Trinajstić information content (AvgIpc) is 2.54. The number of hydrogen-bond donors (Lipinski definition) is 1. The number of nitrogens with one attached hydrogen (secondary N) is 1. The van der Waals surface area contributed by atoms with E-state index in [-0.39, 0.29) is 24.1 Å². The van der Waals surface area contributed by atoms with Crippen molar-refractivity contribution in [2.45, 2.75) is 32.3 Å². The van der Waals surface area contributed by atoms with Gasteiger partial charge in [-0.2, -0.15) is 8.78 Å². The summed E-state index contributed by atoms with van der Waals surface area (Å²) in [5.74, 6) is 0.836. The van der Waals surface area contributed by atoms with Gasteiger partial charge in [0, 0.05) is 19.5 Å². The summed E-state index contributed by atoms with van der Waals surface area (Å²) in [6, 6.07) is 6.47. The molecule has 1 aliphatic rings. The third kappa shape index (κ3) is 6.61. The summed E-state index contributed by atoms with van der Waals surface area (Å²) in [6.45, 7) is -0.219. The Bertz CT molecular complexity index is 498. The lowest BCUT2D eigenvalue weighted by molar-refractivity contribution is -0.132. The molecule has 0 spiro atoms. The van der Waals surface area contributed by atoms with Crippen LogP contribution < -0.4 is 10.1 Å². The molecule has 24 heavy (non-hydrogen) atoms. The van der Waals surface area contributed by atoms with Crippen molar-refractivity contribution in [1.82, 2.24) is 10.2 Å². The average molecular weight is 363 g/mol. The van der Waals surface area contributed by atoms with Crippen molar-refractivity contribution in [3.8, 4) is 5.75 Å². The van der Waals surface area contributed by atoms with Crippen LogP contribution in [0.5, 0.6) is 5.75 Å². The lowest BCUT2D eigenvalue weighted by atomic mass is 9.97. The molecule has 1 unspecified atom stereocenters. The van der Waals surface area contributed by atoms with Crippen LogP contribution in [0.25, 0.3) is 0 Å². The number of halogens is 3. The molecule has 1 atom stereocenters. The van der Waals surface area contributed by atoms with Crippen LogP contribution in [0.4, 0.5) is 8.78 Å². The van der Waals surface area contributed by atoms with Crippen LogP contribution in [-0.2, 0) is 11.2 Å². The quantitative estimate of drug-likeness (QED) is 0.810. The van der Waals surface area contributed by atoms with Crippen molar-refractivity contribution in [2.75, 3.05) is 26.7 Å². The maximum atomic E-state index is 12.3. The summed E-state index contributed by atoms with van der Waals surface area (Å²) >= 11 is 0. The molecule has 4 nitrogen and oxygen atoms in total. The van der Waals surface area contributed by atoms with Crippen molar-refractivity contribution < 1.29 is 18.3 Å². The van der Waals surface area contributed by atoms with Gasteiger partial charge >= 0.3 is 6.61 Å². The van der Waals surface area contributed by atoms with Gasteiger partial charge in [-0.15, -0.1) is 12.4 Å². The summed E-state index contributed by atoms with van der Waals surface area (Å²) in [4.78, 5) is 14.3. The second-order valence-corrected chi connectivity index (χ2v) is 5.93. The van der Waals surface area contributed by atoms with Crippen LogP contribution in [0.2, 0.25) is 0 Å². The Hall–Kier alpha value is -1.40. The molecular weight excluding hydrogens is 338 g/mol. The second-order valence-electron chi connectivity index (χ2n) is 5.93. The molecule has 1 aromatic carbocycles. The normalized spacial score (nSPS) is 17.5. The zero-order valence-corrected chi connectivity index (χ0v) is 14.7. The second kappa shape index (κ2) is 10.5. The molecule has 2 rings (SSSR count). The standard InChI is InChI=1S/C17H24F2N2O2.ClH/c1-20-11-14-3-2-10-21(12-14)16(22)9-6-13-4-7-15(8-5-13)23-17(18)19;/h4-5,7-8,14,17,20H,2-3,6,9-12H2,1H3;1H. The minimum Gasteiger partial charge on any atom is -0.435 e. The van der Waals surface area contributed by atoms with Gasteiger partial charge in [0.05, 0.1) is 0 Å². The molecule has 1 aliphatic heterocycles. The Morgan fingerprint density at radius 3 is 2.71 bits per heavy atom. The van der Waals surface area contributed by atoms with Gasteiger partial charge in [0.15, 0.2) is 0 Å². The number of rotatable bonds is 7. The SMILES string of the molecule is CNCC1CCCN(C(=O)CCc2ccc(OC(F)F)cc2)C1.Cl. The first-order valence-electron chi connectivity index (χ1n) is 8.04. The topological polar surface area (TPSA) is 41.6 Å². The van der Waals surface area contributed by atoms with Crippen LogP contribution in [0.3, 0.4) is 0 Å². The summed E-state index contributed by atoms with van der Waals surface area (Å²) in [5.41, 5.74) is 0.948. The third-order valence-electron chi connectivity index (χ3n) is 4.14. The molecule has 1 heterocycles. The molecule has 0 radical (unpaired) electrons. The molecule has 1 aromatic rings. The molecule has 1 saturated heterocycles. The number of carbonyl (C=O) groups excluding carboxylic acids is 1. The molecule has 0 aromatic heterocycles. The number of nitrogens with zero attached hydrogens (tertiary/aromatic N) is 1. The van der Waals surface area contributed by atoms with E-state index in [1.54, 1.807) is 12.1 Å². The number of piperidine rings is 1. The Morgan fingerprint density at radius 2 is 2.08 bits per heavy atom. The number of hydrogen-bond acceptors (Lipinski definition) is 3. The monoisotopic (exact) mass is 362 g/mol. The van der Waals surface area contributed by atoms with Gasteiger partial charge in [0.1, 0.15) is 5.75 Å². The number of amides is 1. The van der Waals surface area contributed by atoms with E-state index in [1.807, 2.05) is 11.9 Å². The van der Waals surface area contributed by atoms with Gasteiger partial charge in [-0.3, -0.25) is 4.79 Å². The fourth-order valence-corrected chi connectivity index (χ4v) is 2.99.